The fourth-order valence-electron chi connectivity index (χ4n) is 3.89. The summed E-state index contributed by atoms with van der Waals surface area (Å²) in [6, 6.07) is 33.9. The zero-order valence-corrected chi connectivity index (χ0v) is 13.2. The number of hydrogen-bond donors (Lipinski definition) is 1. The lowest BCUT2D eigenvalue weighted by Gasteiger charge is -2.17. The van der Waals surface area contributed by atoms with Gasteiger partial charge in [-0.2, -0.15) is 0 Å². The first-order chi connectivity index (χ1) is 11.4. The summed E-state index contributed by atoms with van der Waals surface area (Å²) in [4.78, 5) is 0. The van der Waals surface area contributed by atoms with Gasteiger partial charge in [-0.3, -0.25) is 0 Å². The van der Waals surface area contributed by atoms with E-state index in [2.05, 4.69) is 96.3 Å². The molecule has 1 saturated heterocycles. The van der Waals surface area contributed by atoms with Crippen LogP contribution in [0.15, 0.2) is 91.0 Å². The monoisotopic (exact) mass is 300 g/mol. The minimum Gasteiger partial charge on any atom is -0.333 e. The highest BCUT2D eigenvalue weighted by atomic mass is 15.0. The Morgan fingerprint density at radius 1 is 0.565 bits per heavy atom. The van der Waals surface area contributed by atoms with Gasteiger partial charge < -0.3 is 5.32 Å². The summed E-state index contributed by atoms with van der Waals surface area (Å²) in [6.45, 7) is 0. The number of hydrogen-bond acceptors (Lipinski definition) is 0. The quantitative estimate of drug-likeness (QED) is 0.746. The van der Waals surface area contributed by atoms with E-state index in [0.29, 0.717) is 18.0 Å². The molecule has 0 saturated carbocycles. The smallest absolute Gasteiger partial charge is 0.119 e. The van der Waals surface area contributed by atoms with Gasteiger partial charge in [0, 0.05) is 23.5 Å². The normalized spacial score (nSPS) is 23.7. The predicted molar refractivity (Wildman–Crippen MR) is 94.1 cm³/mol. The third-order valence-electron chi connectivity index (χ3n) is 5.02. The van der Waals surface area contributed by atoms with Crippen molar-refractivity contribution in [2.75, 3.05) is 0 Å². The molecule has 1 nitrogen and oxygen atoms in total. The highest BCUT2D eigenvalue weighted by Gasteiger charge is 2.40. The van der Waals surface area contributed by atoms with Gasteiger partial charge in [0.15, 0.2) is 0 Å². The molecule has 0 amide bonds. The molecule has 3 atom stereocenters. The van der Waals surface area contributed by atoms with Gasteiger partial charge in [0.05, 0.1) is 0 Å². The maximum Gasteiger partial charge on any atom is 0.119 e. The van der Waals surface area contributed by atoms with E-state index in [9.17, 15) is 0 Å². The van der Waals surface area contributed by atoms with Gasteiger partial charge in [0.1, 0.15) is 12.1 Å². The van der Waals surface area contributed by atoms with E-state index >= 15 is 0 Å². The van der Waals surface area contributed by atoms with Crippen molar-refractivity contribution >= 4 is 0 Å². The lowest BCUT2D eigenvalue weighted by Crippen LogP contribution is -2.83. The summed E-state index contributed by atoms with van der Waals surface area (Å²) in [7, 11) is 0. The van der Waals surface area contributed by atoms with Crippen molar-refractivity contribution in [2.45, 2.75) is 24.4 Å². The molecule has 1 aliphatic heterocycles. The molecule has 23 heavy (non-hydrogen) atoms. The summed E-state index contributed by atoms with van der Waals surface area (Å²) in [6.07, 6.45) is 1.19. The zero-order chi connectivity index (χ0) is 15.5. The summed E-state index contributed by atoms with van der Waals surface area (Å²) >= 11 is 0. The van der Waals surface area contributed by atoms with Crippen LogP contribution in [0.1, 0.15) is 41.1 Å². The maximum atomic E-state index is 2.56. The van der Waals surface area contributed by atoms with Gasteiger partial charge in [0.25, 0.3) is 0 Å². The third kappa shape index (κ3) is 2.93. The van der Waals surface area contributed by atoms with Crippen molar-refractivity contribution in [2.24, 2.45) is 0 Å². The molecule has 0 spiro atoms. The van der Waals surface area contributed by atoms with Gasteiger partial charge in [-0.05, 0) is 5.56 Å². The standard InChI is InChI=1S/C22H21N/c1-4-10-17(11-5-1)20-16-21(18-12-6-2-7-13-18)23-22(20)19-14-8-3-9-15-19/h1-15,20-23H,16H2/p+1/t20-,21+,22-/m0/s1. The third-order valence-corrected chi connectivity index (χ3v) is 5.02. The lowest BCUT2D eigenvalue weighted by molar-refractivity contribution is -0.715. The Bertz CT molecular complexity index is 689. The number of nitrogens with two attached hydrogens (primary N) is 1. The van der Waals surface area contributed by atoms with Crippen LogP contribution in [-0.4, -0.2) is 0 Å². The summed E-state index contributed by atoms with van der Waals surface area (Å²) < 4.78 is 0. The van der Waals surface area contributed by atoms with Gasteiger partial charge in [-0.15, -0.1) is 0 Å². The zero-order valence-electron chi connectivity index (χ0n) is 13.2. The molecule has 1 aliphatic rings. The maximum absolute atomic E-state index is 2.56. The van der Waals surface area contributed by atoms with Gasteiger partial charge >= 0.3 is 0 Å². The Labute approximate surface area is 138 Å². The molecular formula is C22H22N+. The van der Waals surface area contributed by atoms with E-state index < -0.39 is 0 Å². The van der Waals surface area contributed by atoms with Gasteiger partial charge in [0.2, 0.25) is 0 Å². The topological polar surface area (TPSA) is 16.6 Å². The van der Waals surface area contributed by atoms with Crippen molar-refractivity contribution in [3.63, 3.8) is 0 Å². The van der Waals surface area contributed by atoms with E-state index in [1.807, 2.05) is 0 Å². The van der Waals surface area contributed by atoms with Crippen LogP contribution in [0.4, 0.5) is 0 Å². The first-order valence-electron chi connectivity index (χ1n) is 8.41. The predicted octanol–water partition coefficient (Wildman–Crippen LogP) is 4.22. The van der Waals surface area contributed by atoms with Gasteiger partial charge in [-0.25, -0.2) is 0 Å². The molecule has 0 aliphatic carbocycles. The Hall–Kier alpha value is -2.38. The average molecular weight is 300 g/mol. The molecule has 0 unspecified atom stereocenters. The van der Waals surface area contributed by atoms with Crippen LogP contribution >= 0.6 is 0 Å². The van der Waals surface area contributed by atoms with Crippen molar-refractivity contribution in [1.82, 2.24) is 0 Å². The van der Waals surface area contributed by atoms with Crippen LogP contribution < -0.4 is 5.32 Å². The first-order valence-corrected chi connectivity index (χ1v) is 8.41. The second-order valence-corrected chi connectivity index (χ2v) is 6.40. The molecule has 1 heteroatoms. The second-order valence-electron chi connectivity index (χ2n) is 6.40. The average Bonchev–Trinajstić information content (AvgIpc) is 3.09. The summed E-state index contributed by atoms with van der Waals surface area (Å²) in [5.41, 5.74) is 4.32. The van der Waals surface area contributed by atoms with Crippen molar-refractivity contribution < 1.29 is 5.32 Å². The molecule has 1 fully saturated rings. The number of benzene rings is 3. The summed E-state index contributed by atoms with van der Waals surface area (Å²) in [5.74, 6) is 0.559. The van der Waals surface area contributed by atoms with E-state index in [1.54, 1.807) is 0 Å². The van der Waals surface area contributed by atoms with Crippen LogP contribution in [0.5, 0.6) is 0 Å². The Kier molecular flexibility index (Phi) is 3.95. The molecule has 2 N–H and O–H groups in total. The molecule has 0 bridgehead atoms. The molecule has 114 valence electrons. The fraction of sp³-hybridized carbons (Fsp3) is 0.182. The van der Waals surface area contributed by atoms with Gasteiger partial charge in [-0.1, -0.05) is 91.0 Å². The van der Waals surface area contributed by atoms with Crippen molar-refractivity contribution in [3.8, 4) is 0 Å². The van der Waals surface area contributed by atoms with E-state index in [4.69, 9.17) is 0 Å². The first kappa shape index (κ1) is 14.2. The molecule has 3 aromatic carbocycles. The number of rotatable bonds is 3. The van der Waals surface area contributed by atoms with Crippen molar-refractivity contribution in [3.05, 3.63) is 108 Å². The molecule has 3 aromatic rings. The van der Waals surface area contributed by atoms with Crippen molar-refractivity contribution in [1.29, 1.82) is 0 Å². The minimum atomic E-state index is 0.490. The summed E-state index contributed by atoms with van der Waals surface area (Å²) in [5, 5.41) is 2.56. The van der Waals surface area contributed by atoms with E-state index in [1.165, 1.54) is 23.1 Å². The Morgan fingerprint density at radius 2 is 1.04 bits per heavy atom. The number of quaternary nitrogens is 1. The molecule has 0 radical (unpaired) electrons. The van der Waals surface area contributed by atoms with Crippen LogP contribution in [-0.2, 0) is 0 Å². The largest absolute Gasteiger partial charge is 0.333 e. The van der Waals surface area contributed by atoms with E-state index in [-0.39, 0.29) is 0 Å². The molecular weight excluding hydrogens is 278 g/mol. The molecule has 1 heterocycles. The SMILES string of the molecule is c1ccc([C@H]2C[C@@H](c3ccccc3)[C@H](c3ccccc3)[NH2+]2)cc1. The highest BCUT2D eigenvalue weighted by molar-refractivity contribution is 5.29. The van der Waals surface area contributed by atoms with Crippen LogP contribution in [0, 0.1) is 0 Å². The van der Waals surface area contributed by atoms with Crippen LogP contribution in [0.3, 0.4) is 0 Å². The Balaban J connectivity index is 1.70. The van der Waals surface area contributed by atoms with Crippen LogP contribution in [0.25, 0.3) is 0 Å². The molecule has 0 aromatic heterocycles. The fourth-order valence-corrected chi connectivity index (χ4v) is 3.89. The Morgan fingerprint density at radius 3 is 1.61 bits per heavy atom. The van der Waals surface area contributed by atoms with Crippen LogP contribution in [0.2, 0.25) is 0 Å². The highest BCUT2D eigenvalue weighted by Crippen LogP contribution is 2.39. The molecule has 4 rings (SSSR count). The van der Waals surface area contributed by atoms with E-state index in [0.717, 1.165) is 0 Å². The lowest BCUT2D eigenvalue weighted by atomic mass is 9.86. The minimum absolute atomic E-state index is 0.490. The second kappa shape index (κ2) is 6.39.